The van der Waals surface area contributed by atoms with Crippen LogP contribution in [-0.2, 0) is 29.1 Å². The highest BCUT2D eigenvalue weighted by atomic mass is 19.1. The van der Waals surface area contributed by atoms with E-state index in [1.807, 2.05) is 18.2 Å². The van der Waals surface area contributed by atoms with Crippen molar-refractivity contribution in [2.75, 3.05) is 24.6 Å². The van der Waals surface area contributed by atoms with Crippen LogP contribution in [0.1, 0.15) is 59.9 Å². The molecule has 3 fully saturated rings. The van der Waals surface area contributed by atoms with Crippen LogP contribution in [-0.4, -0.2) is 51.4 Å². The number of aliphatic carboxylic acids is 1. The third kappa shape index (κ3) is 4.74. The van der Waals surface area contributed by atoms with Crippen molar-refractivity contribution in [3.63, 3.8) is 0 Å². The van der Waals surface area contributed by atoms with Crippen LogP contribution in [0.5, 0.6) is 5.88 Å². The van der Waals surface area contributed by atoms with Gasteiger partial charge in [0.05, 0.1) is 30.0 Å². The Balaban J connectivity index is 1.01. The normalized spacial score (nSPS) is 22.0. The number of carboxylic acid groups (broad SMARTS) is 1. The highest BCUT2D eigenvalue weighted by Crippen LogP contribution is 2.65. The molecule has 2 aliphatic carbocycles. The smallest absolute Gasteiger partial charge is 0.332 e. The summed E-state index contributed by atoms with van der Waals surface area (Å²) in [6, 6.07) is 11.9. The van der Waals surface area contributed by atoms with Gasteiger partial charge in [-0.25, -0.2) is 14.2 Å². The van der Waals surface area contributed by atoms with E-state index >= 15 is 0 Å². The summed E-state index contributed by atoms with van der Waals surface area (Å²) >= 11 is 0. The second kappa shape index (κ2) is 10.00. The van der Waals surface area contributed by atoms with Crippen molar-refractivity contribution in [1.29, 1.82) is 5.26 Å². The molecule has 1 spiro atoms. The molecular formula is C31H30FN5O4. The number of imidazole rings is 1. The zero-order valence-electron chi connectivity index (χ0n) is 22.6. The minimum atomic E-state index is -0.879. The lowest BCUT2D eigenvalue weighted by molar-refractivity contribution is -0.132. The van der Waals surface area contributed by atoms with Crippen LogP contribution in [0.25, 0.3) is 6.08 Å². The number of hydrogen-bond acceptors (Lipinski definition) is 7. The number of piperidine rings is 1. The summed E-state index contributed by atoms with van der Waals surface area (Å²) in [4.78, 5) is 23.5. The zero-order chi connectivity index (χ0) is 28.1. The fraction of sp³-hybridized carbons (Fsp3) is 0.419. The molecule has 3 aromatic rings. The molecule has 2 aromatic heterocycles. The van der Waals surface area contributed by atoms with E-state index in [1.165, 1.54) is 6.07 Å². The Morgan fingerprint density at radius 1 is 1.24 bits per heavy atom. The number of aromatic nitrogens is 3. The van der Waals surface area contributed by atoms with Gasteiger partial charge in [0, 0.05) is 54.9 Å². The SMILES string of the molecule is N#Cc1ccc(COc2cccc(N3CCC4(CC3)CC4c3nc4c(n3C[C@@H]3CCO3)CC(C(=O)O)=C4)n2)c(F)c1. The number of rotatable bonds is 8. The molecule has 0 radical (unpaired) electrons. The number of benzene rings is 1. The summed E-state index contributed by atoms with van der Waals surface area (Å²) < 4.78 is 28.0. The Kier molecular flexibility index (Phi) is 6.27. The molecule has 0 bridgehead atoms. The molecule has 7 rings (SSSR count). The third-order valence-electron chi connectivity index (χ3n) is 9.11. The number of nitriles is 1. The summed E-state index contributed by atoms with van der Waals surface area (Å²) in [5.41, 5.74) is 3.06. The molecule has 2 saturated heterocycles. The molecule has 0 amide bonds. The zero-order valence-corrected chi connectivity index (χ0v) is 22.6. The van der Waals surface area contributed by atoms with Gasteiger partial charge in [0.2, 0.25) is 5.88 Å². The largest absolute Gasteiger partial charge is 0.478 e. The summed E-state index contributed by atoms with van der Waals surface area (Å²) in [6.45, 7) is 3.29. The number of halogens is 1. The lowest BCUT2D eigenvalue weighted by Crippen LogP contribution is -2.36. The van der Waals surface area contributed by atoms with Crippen LogP contribution in [0.2, 0.25) is 0 Å². The first-order chi connectivity index (χ1) is 19.9. The van der Waals surface area contributed by atoms with E-state index in [4.69, 9.17) is 19.7 Å². The van der Waals surface area contributed by atoms with Crippen LogP contribution in [0.3, 0.4) is 0 Å². The van der Waals surface area contributed by atoms with Crippen molar-refractivity contribution < 1.29 is 23.8 Å². The third-order valence-corrected chi connectivity index (χ3v) is 9.11. The molecule has 41 heavy (non-hydrogen) atoms. The first-order valence-corrected chi connectivity index (χ1v) is 14.1. The molecule has 1 N–H and O–H groups in total. The Morgan fingerprint density at radius 2 is 2.07 bits per heavy atom. The second-order valence-corrected chi connectivity index (χ2v) is 11.5. The first kappa shape index (κ1) is 25.7. The summed E-state index contributed by atoms with van der Waals surface area (Å²) in [5, 5.41) is 18.4. The molecule has 10 heteroatoms. The fourth-order valence-corrected chi connectivity index (χ4v) is 6.45. The van der Waals surface area contributed by atoms with Gasteiger partial charge in [-0.15, -0.1) is 0 Å². The van der Waals surface area contributed by atoms with Crippen LogP contribution in [0.4, 0.5) is 10.2 Å². The van der Waals surface area contributed by atoms with E-state index in [1.54, 1.807) is 24.3 Å². The molecule has 2 atom stereocenters. The molecule has 4 aliphatic rings. The number of carboxylic acids is 1. The lowest BCUT2D eigenvalue weighted by Gasteiger charge is -2.34. The highest BCUT2D eigenvalue weighted by molar-refractivity contribution is 5.94. The van der Waals surface area contributed by atoms with Crippen LogP contribution in [0.15, 0.2) is 42.0 Å². The van der Waals surface area contributed by atoms with Crippen molar-refractivity contribution in [3.05, 3.63) is 76.1 Å². The van der Waals surface area contributed by atoms with Gasteiger partial charge in [-0.2, -0.15) is 10.2 Å². The van der Waals surface area contributed by atoms with Crippen LogP contribution < -0.4 is 9.64 Å². The van der Waals surface area contributed by atoms with Crippen molar-refractivity contribution in [3.8, 4) is 11.9 Å². The maximum atomic E-state index is 14.2. The number of hydrogen-bond donors (Lipinski definition) is 1. The van der Waals surface area contributed by atoms with Gasteiger partial charge >= 0.3 is 5.97 Å². The summed E-state index contributed by atoms with van der Waals surface area (Å²) in [7, 11) is 0. The number of fused-ring (bicyclic) bond motifs is 1. The average Bonchev–Trinajstić information content (AvgIpc) is 3.30. The number of ether oxygens (including phenoxy) is 2. The Hall–Kier alpha value is -4.23. The van der Waals surface area contributed by atoms with Crippen LogP contribution >= 0.6 is 0 Å². The summed E-state index contributed by atoms with van der Waals surface area (Å²) in [6.07, 6.45) is 6.47. The van der Waals surface area contributed by atoms with Gasteiger partial charge in [-0.3, -0.25) is 0 Å². The fourth-order valence-electron chi connectivity index (χ4n) is 6.45. The number of anilines is 1. The van der Waals surface area contributed by atoms with Gasteiger partial charge < -0.3 is 24.0 Å². The molecule has 1 saturated carbocycles. The van der Waals surface area contributed by atoms with Gasteiger partial charge in [-0.05, 0) is 55.4 Å². The summed E-state index contributed by atoms with van der Waals surface area (Å²) in [5.74, 6) is 1.37. The Bertz CT molecular complexity index is 1600. The quantitative estimate of drug-likeness (QED) is 0.434. The van der Waals surface area contributed by atoms with Crippen molar-refractivity contribution in [2.45, 2.75) is 57.3 Å². The monoisotopic (exact) mass is 555 g/mol. The molecule has 1 aromatic carbocycles. The van der Waals surface area contributed by atoms with Crippen molar-refractivity contribution in [1.82, 2.24) is 14.5 Å². The number of carbonyl (C=O) groups is 1. The predicted octanol–water partition coefficient (Wildman–Crippen LogP) is 4.45. The first-order valence-electron chi connectivity index (χ1n) is 14.1. The van der Waals surface area contributed by atoms with Gasteiger partial charge in [0.15, 0.2) is 0 Å². The second-order valence-electron chi connectivity index (χ2n) is 11.5. The van der Waals surface area contributed by atoms with E-state index in [-0.39, 0.29) is 23.7 Å². The predicted molar refractivity (Wildman–Crippen MR) is 147 cm³/mol. The maximum absolute atomic E-state index is 14.2. The van der Waals surface area contributed by atoms with Crippen molar-refractivity contribution >= 4 is 17.9 Å². The van der Waals surface area contributed by atoms with E-state index in [0.717, 1.165) is 75.0 Å². The van der Waals surface area contributed by atoms with Crippen molar-refractivity contribution in [2.24, 2.45) is 5.41 Å². The van der Waals surface area contributed by atoms with Crippen LogP contribution in [0, 0.1) is 22.6 Å². The number of nitrogens with zero attached hydrogens (tertiary/aromatic N) is 5. The number of pyridine rings is 1. The molecule has 1 unspecified atom stereocenters. The van der Waals surface area contributed by atoms with E-state index in [2.05, 4.69) is 14.5 Å². The van der Waals surface area contributed by atoms with Gasteiger partial charge in [0.25, 0.3) is 0 Å². The molecular weight excluding hydrogens is 525 g/mol. The average molecular weight is 556 g/mol. The molecule has 4 heterocycles. The van der Waals surface area contributed by atoms with E-state index < -0.39 is 11.8 Å². The topological polar surface area (TPSA) is 114 Å². The van der Waals surface area contributed by atoms with Gasteiger partial charge in [-0.1, -0.05) is 12.1 Å². The minimum Gasteiger partial charge on any atom is -0.478 e. The highest BCUT2D eigenvalue weighted by Gasteiger charge is 2.58. The molecule has 210 valence electrons. The maximum Gasteiger partial charge on any atom is 0.332 e. The Labute approximate surface area is 236 Å². The standard InChI is InChI=1S/C31H30FN5O4/c32-24-12-19(16-33)4-5-20(24)18-41-28-3-1-2-27(35-28)36-9-7-31(8-10-36)15-23(31)29-34-25-13-21(30(38)39)14-26(25)37(29)17-22-6-11-40-22/h1-5,12-13,22-23H,6-11,14-15,17-18H2,(H,38,39)/t22-,23?/m0/s1. The lowest BCUT2D eigenvalue weighted by atomic mass is 9.90. The molecule has 2 aliphatic heterocycles. The van der Waals surface area contributed by atoms with E-state index in [9.17, 15) is 14.3 Å². The minimum absolute atomic E-state index is 0.0322. The molecule has 9 nitrogen and oxygen atoms in total. The van der Waals surface area contributed by atoms with E-state index in [0.29, 0.717) is 29.4 Å². The Morgan fingerprint density at radius 3 is 2.78 bits per heavy atom. The van der Waals surface area contributed by atoms with Gasteiger partial charge in [0.1, 0.15) is 24.1 Å².